The summed E-state index contributed by atoms with van der Waals surface area (Å²) in [5, 5.41) is 6.66. The second kappa shape index (κ2) is 7.21. The smallest absolute Gasteiger partial charge is 0.273 e. The molecule has 0 atom stereocenters. The molecule has 0 N–H and O–H groups in total. The minimum Gasteiger partial charge on any atom is -0.336 e. The molecule has 6 nitrogen and oxygen atoms in total. The highest BCUT2D eigenvalue weighted by molar-refractivity contribution is 7.07. The molecule has 1 fully saturated rings. The molecule has 1 aliphatic heterocycles. The molecule has 8 heteroatoms. The Morgan fingerprint density at radius 1 is 1.27 bits per heavy atom. The summed E-state index contributed by atoms with van der Waals surface area (Å²) >= 11 is 7.32. The fraction of sp³-hybridized carbons (Fsp3) is 0.500. The molecule has 0 aromatic carbocycles. The van der Waals surface area contributed by atoms with Crippen LogP contribution >= 0.6 is 22.9 Å². The molecule has 2 aromatic heterocycles. The number of hydrogen-bond acceptors (Lipinski definition) is 5. The van der Waals surface area contributed by atoms with Gasteiger partial charge < -0.3 is 4.90 Å². The molecule has 3 rings (SSSR count). The van der Waals surface area contributed by atoms with Gasteiger partial charge in [-0.1, -0.05) is 11.6 Å². The Morgan fingerprint density at radius 3 is 2.91 bits per heavy atom. The van der Waals surface area contributed by atoms with Gasteiger partial charge >= 0.3 is 0 Å². The van der Waals surface area contributed by atoms with Crippen molar-refractivity contribution in [3.8, 4) is 0 Å². The van der Waals surface area contributed by atoms with Gasteiger partial charge in [0.05, 0.1) is 23.3 Å². The van der Waals surface area contributed by atoms with Gasteiger partial charge in [0.25, 0.3) is 5.91 Å². The monoisotopic (exact) mass is 339 g/mol. The maximum absolute atomic E-state index is 12.3. The summed E-state index contributed by atoms with van der Waals surface area (Å²) < 4.78 is 1.85. The molecule has 1 saturated heterocycles. The normalized spacial score (nSPS) is 16.7. The van der Waals surface area contributed by atoms with Gasteiger partial charge in [-0.3, -0.25) is 14.4 Å². The van der Waals surface area contributed by atoms with E-state index in [9.17, 15) is 4.79 Å². The van der Waals surface area contributed by atoms with Gasteiger partial charge in [0.2, 0.25) is 0 Å². The van der Waals surface area contributed by atoms with Gasteiger partial charge in [-0.2, -0.15) is 5.10 Å². The lowest BCUT2D eigenvalue weighted by atomic mass is 10.3. The summed E-state index contributed by atoms with van der Waals surface area (Å²) in [4.78, 5) is 20.7. The van der Waals surface area contributed by atoms with Crippen molar-refractivity contribution in [2.45, 2.75) is 13.0 Å². The molecule has 1 amide bonds. The van der Waals surface area contributed by atoms with Crippen LogP contribution < -0.4 is 0 Å². The van der Waals surface area contributed by atoms with Crippen LogP contribution in [0.1, 0.15) is 16.9 Å². The number of carbonyl (C=O) groups is 1. The molecule has 0 bridgehead atoms. The molecule has 0 aliphatic carbocycles. The molecule has 3 heterocycles. The first-order chi connectivity index (χ1) is 10.7. The Hall–Kier alpha value is -1.44. The predicted octanol–water partition coefficient (Wildman–Crippen LogP) is 1.84. The molecule has 0 radical (unpaired) electrons. The van der Waals surface area contributed by atoms with Crippen molar-refractivity contribution in [2.75, 3.05) is 32.7 Å². The Morgan fingerprint density at radius 2 is 2.18 bits per heavy atom. The molecule has 1 aliphatic rings. The molecule has 22 heavy (non-hydrogen) atoms. The highest BCUT2D eigenvalue weighted by Gasteiger charge is 2.21. The molecule has 0 spiro atoms. The third-order valence-corrected chi connectivity index (χ3v) is 4.56. The van der Waals surface area contributed by atoms with Crippen molar-refractivity contribution in [1.82, 2.24) is 24.6 Å². The summed E-state index contributed by atoms with van der Waals surface area (Å²) in [6.45, 7) is 5.14. The number of hydrogen-bond donors (Lipinski definition) is 0. The molecule has 0 unspecified atom stereocenters. The van der Waals surface area contributed by atoms with Crippen molar-refractivity contribution >= 4 is 28.8 Å². The highest BCUT2D eigenvalue weighted by Crippen LogP contribution is 2.10. The zero-order valence-corrected chi connectivity index (χ0v) is 13.8. The summed E-state index contributed by atoms with van der Waals surface area (Å²) in [6, 6.07) is 0. The summed E-state index contributed by atoms with van der Waals surface area (Å²) in [5.41, 5.74) is 2.26. The minimum absolute atomic E-state index is 0.0435. The average Bonchev–Trinajstić information content (AvgIpc) is 3.12. The van der Waals surface area contributed by atoms with Gasteiger partial charge in [-0.15, -0.1) is 11.3 Å². The number of carbonyl (C=O) groups excluding carboxylic acids is 1. The third-order valence-electron chi connectivity index (χ3n) is 3.77. The Labute approximate surface area is 138 Å². The van der Waals surface area contributed by atoms with Crippen molar-refractivity contribution in [3.05, 3.63) is 34.0 Å². The van der Waals surface area contributed by atoms with Crippen LogP contribution in [0.15, 0.2) is 23.3 Å². The highest BCUT2D eigenvalue weighted by atomic mass is 35.5. The quantitative estimate of drug-likeness (QED) is 0.853. The van der Waals surface area contributed by atoms with E-state index in [2.05, 4.69) is 15.0 Å². The van der Waals surface area contributed by atoms with Crippen LogP contribution in [0.5, 0.6) is 0 Å². The van der Waals surface area contributed by atoms with E-state index >= 15 is 0 Å². The predicted molar refractivity (Wildman–Crippen MR) is 86.3 cm³/mol. The van der Waals surface area contributed by atoms with E-state index in [1.165, 1.54) is 11.3 Å². The molecule has 118 valence electrons. The van der Waals surface area contributed by atoms with Crippen LogP contribution in [-0.2, 0) is 6.54 Å². The van der Waals surface area contributed by atoms with Crippen molar-refractivity contribution in [2.24, 2.45) is 0 Å². The lowest BCUT2D eigenvalue weighted by Crippen LogP contribution is -2.36. The summed E-state index contributed by atoms with van der Waals surface area (Å²) in [5.74, 6) is 0.0435. The Bertz CT molecular complexity index is 615. The molecular formula is C14H18ClN5OS. The van der Waals surface area contributed by atoms with E-state index in [1.54, 1.807) is 11.7 Å². The number of rotatable bonds is 4. The lowest BCUT2D eigenvalue weighted by Gasteiger charge is -2.21. The summed E-state index contributed by atoms with van der Waals surface area (Å²) in [6.07, 6.45) is 4.46. The van der Waals surface area contributed by atoms with E-state index in [-0.39, 0.29) is 5.91 Å². The van der Waals surface area contributed by atoms with Crippen LogP contribution in [-0.4, -0.2) is 63.2 Å². The van der Waals surface area contributed by atoms with Gasteiger partial charge in [0.1, 0.15) is 5.69 Å². The zero-order valence-electron chi connectivity index (χ0n) is 12.2. The van der Waals surface area contributed by atoms with E-state index in [0.717, 1.165) is 45.7 Å². The van der Waals surface area contributed by atoms with Crippen LogP contribution in [0, 0.1) is 0 Å². The van der Waals surface area contributed by atoms with Crippen molar-refractivity contribution in [1.29, 1.82) is 0 Å². The van der Waals surface area contributed by atoms with E-state index in [0.29, 0.717) is 10.7 Å². The Kier molecular flexibility index (Phi) is 5.07. The topological polar surface area (TPSA) is 54.3 Å². The average molecular weight is 340 g/mol. The Balaban J connectivity index is 1.50. The molecular weight excluding hydrogens is 322 g/mol. The van der Waals surface area contributed by atoms with E-state index in [1.807, 2.05) is 21.2 Å². The van der Waals surface area contributed by atoms with Gasteiger partial charge in [0, 0.05) is 37.8 Å². The lowest BCUT2D eigenvalue weighted by molar-refractivity contribution is 0.0756. The van der Waals surface area contributed by atoms with E-state index in [4.69, 9.17) is 11.6 Å². The maximum Gasteiger partial charge on any atom is 0.273 e. The number of thiazole rings is 1. The molecule has 0 saturated carbocycles. The number of amides is 1. The van der Waals surface area contributed by atoms with Crippen molar-refractivity contribution in [3.63, 3.8) is 0 Å². The second-order valence-corrected chi connectivity index (χ2v) is 6.44. The minimum atomic E-state index is 0.0435. The number of halogens is 1. The van der Waals surface area contributed by atoms with Gasteiger partial charge in [0.15, 0.2) is 0 Å². The fourth-order valence-corrected chi connectivity index (χ4v) is 3.26. The van der Waals surface area contributed by atoms with Gasteiger partial charge in [-0.25, -0.2) is 4.98 Å². The SMILES string of the molecule is O=C(c1cscn1)N1CCCN(CCn2cc(Cl)cn2)CC1. The fourth-order valence-electron chi connectivity index (χ4n) is 2.58. The van der Waals surface area contributed by atoms with Crippen LogP contribution in [0.25, 0.3) is 0 Å². The van der Waals surface area contributed by atoms with Crippen LogP contribution in [0.4, 0.5) is 0 Å². The standard InChI is InChI=1S/C14H18ClN5OS/c15-12-8-17-20(9-12)7-5-18-2-1-3-19(6-4-18)14(21)13-10-22-11-16-13/h8-11H,1-7H2. The van der Waals surface area contributed by atoms with E-state index < -0.39 is 0 Å². The first kappa shape index (κ1) is 15.5. The second-order valence-electron chi connectivity index (χ2n) is 5.28. The first-order valence-corrected chi connectivity index (χ1v) is 8.62. The zero-order chi connectivity index (χ0) is 15.4. The van der Waals surface area contributed by atoms with Crippen molar-refractivity contribution < 1.29 is 4.79 Å². The van der Waals surface area contributed by atoms with Crippen LogP contribution in [0.2, 0.25) is 5.02 Å². The number of nitrogens with zero attached hydrogens (tertiary/aromatic N) is 5. The molecule has 2 aromatic rings. The third kappa shape index (κ3) is 3.85. The largest absolute Gasteiger partial charge is 0.336 e. The number of aromatic nitrogens is 3. The summed E-state index contributed by atoms with van der Waals surface area (Å²) in [7, 11) is 0. The first-order valence-electron chi connectivity index (χ1n) is 7.30. The maximum atomic E-state index is 12.3. The van der Waals surface area contributed by atoms with Gasteiger partial charge in [-0.05, 0) is 13.0 Å². The van der Waals surface area contributed by atoms with Crippen LogP contribution in [0.3, 0.4) is 0 Å².